The minimum absolute atomic E-state index is 0.273. The van der Waals surface area contributed by atoms with Gasteiger partial charge >= 0.3 is 0 Å². The van der Waals surface area contributed by atoms with Crippen LogP contribution < -0.4 is 14.7 Å². The second-order valence-corrected chi connectivity index (χ2v) is 16.7. The van der Waals surface area contributed by atoms with Crippen molar-refractivity contribution in [1.82, 2.24) is 4.57 Å². The summed E-state index contributed by atoms with van der Waals surface area (Å²) < 4.78 is 2.47. The second-order valence-electron chi connectivity index (χ2n) is 16.7. The first-order valence-electron chi connectivity index (χ1n) is 22.1. The van der Waals surface area contributed by atoms with E-state index in [0.29, 0.717) is 0 Å². The first kappa shape index (κ1) is 36.3. The molecule has 2 unspecified atom stereocenters. The smallest absolute Gasteiger partial charge is 0.0626 e. The average molecular weight is 799 g/mol. The van der Waals surface area contributed by atoms with E-state index in [1.807, 2.05) is 0 Å². The lowest BCUT2D eigenvalue weighted by molar-refractivity contribution is 0.701. The van der Waals surface area contributed by atoms with E-state index >= 15 is 0 Å². The Morgan fingerprint density at radius 2 is 1.02 bits per heavy atom. The van der Waals surface area contributed by atoms with Crippen LogP contribution in [-0.4, -0.2) is 10.6 Å². The zero-order valence-corrected chi connectivity index (χ0v) is 34.6. The standard InChI is InChI=1S/C58H46N4/c1-5-19-41(20-6-1)59(45-35-37-57-51(39-45)49-27-13-15-31-55(49)61(57)43-23-9-3-10-24-43)53-33-17-30-48-47(53)29-18-34-54(48)60(42-21-7-2-8-22-42)46-36-38-58-52(40-46)50-28-14-16-32-56(50)62(58)44-25-11-4-12-26-44/h1-9,11,13-23,25,27-40,49,55H,10,12,24,26H2. The number of aromatic nitrogens is 1. The molecule has 298 valence electrons. The average Bonchev–Trinajstić information content (AvgIpc) is 3.85. The molecule has 0 radical (unpaired) electrons. The van der Waals surface area contributed by atoms with Gasteiger partial charge in [0.2, 0.25) is 0 Å². The summed E-state index contributed by atoms with van der Waals surface area (Å²) >= 11 is 0. The van der Waals surface area contributed by atoms with Crippen LogP contribution in [0.2, 0.25) is 0 Å². The Balaban J connectivity index is 1.03. The fourth-order valence-corrected chi connectivity index (χ4v) is 10.5. The number of fused-ring (bicyclic) bond motifs is 7. The molecule has 0 saturated carbocycles. The summed E-state index contributed by atoms with van der Waals surface area (Å²) in [7, 11) is 0. The summed E-state index contributed by atoms with van der Waals surface area (Å²) in [4.78, 5) is 7.48. The highest BCUT2D eigenvalue weighted by atomic mass is 15.2. The van der Waals surface area contributed by atoms with Crippen LogP contribution in [0.3, 0.4) is 0 Å². The van der Waals surface area contributed by atoms with Crippen molar-refractivity contribution in [2.45, 2.75) is 37.6 Å². The predicted molar refractivity (Wildman–Crippen MR) is 263 cm³/mol. The minimum Gasteiger partial charge on any atom is -0.337 e. The van der Waals surface area contributed by atoms with Crippen LogP contribution in [0.25, 0.3) is 38.3 Å². The Kier molecular flexibility index (Phi) is 8.88. The molecule has 0 spiro atoms. The van der Waals surface area contributed by atoms with Crippen LogP contribution in [-0.2, 0) is 0 Å². The van der Waals surface area contributed by atoms with Gasteiger partial charge in [0.1, 0.15) is 0 Å². The summed E-state index contributed by atoms with van der Waals surface area (Å²) in [5, 5.41) is 4.89. The van der Waals surface area contributed by atoms with E-state index in [1.54, 1.807) is 0 Å². The van der Waals surface area contributed by atoms with Gasteiger partial charge in [-0.15, -0.1) is 0 Å². The molecule has 8 aromatic rings. The molecule has 0 saturated heterocycles. The largest absolute Gasteiger partial charge is 0.337 e. The fraction of sp³-hybridized carbons (Fsp3) is 0.103. The van der Waals surface area contributed by atoms with E-state index in [2.05, 4.69) is 238 Å². The van der Waals surface area contributed by atoms with Crippen molar-refractivity contribution < 1.29 is 0 Å². The first-order chi connectivity index (χ1) is 30.8. The van der Waals surface area contributed by atoms with Crippen molar-refractivity contribution in [2.24, 2.45) is 0 Å². The van der Waals surface area contributed by atoms with Gasteiger partial charge in [-0.25, -0.2) is 0 Å². The number of rotatable bonds is 8. The van der Waals surface area contributed by atoms with Gasteiger partial charge in [0.15, 0.2) is 0 Å². The maximum absolute atomic E-state index is 2.59. The fourth-order valence-electron chi connectivity index (χ4n) is 10.5. The predicted octanol–water partition coefficient (Wildman–Crippen LogP) is 15.7. The number of nitrogens with zero attached hydrogens (tertiary/aromatic N) is 4. The third-order valence-corrected chi connectivity index (χ3v) is 13.2. The molecular formula is C58H46N4. The minimum atomic E-state index is 0.273. The molecule has 12 rings (SSSR count). The second kappa shape index (κ2) is 15.2. The number of anilines is 7. The summed E-state index contributed by atoms with van der Waals surface area (Å²) in [5.41, 5.74) is 14.7. The van der Waals surface area contributed by atoms with E-state index in [4.69, 9.17) is 0 Å². The first-order valence-corrected chi connectivity index (χ1v) is 22.1. The Morgan fingerprint density at radius 1 is 0.435 bits per heavy atom. The maximum atomic E-state index is 2.59. The van der Waals surface area contributed by atoms with Crippen LogP contribution in [0, 0.1) is 0 Å². The Morgan fingerprint density at radius 3 is 1.69 bits per heavy atom. The van der Waals surface area contributed by atoms with Gasteiger partial charge in [0, 0.05) is 67.3 Å². The molecule has 0 fully saturated rings. The van der Waals surface area contributed by atoms with E-state index < -0.39 is 0 Å². The van der Waals surface area contributed by atoms with Gasteiger partial charge < -0.3 is 19.3 Å². The van der Waals surface area contributed by atoms with Gasteiger partial charge in [0.25, 0.3) is 0 Å². The van der Waals surface area contributed by atoms with Crippen LogP contribution in [0.5, 0.6) is 0 Å². The molecule has 1 aliphatic heterocycles. The molecule has 4 nitrogen and oxygen atoms in total. The van der Waals surface area contributed by atoms with E-state index in [0.717, 1.165) is 59.8 Å². The van der Waals surface area contributed by atoms with Gasteiger partial charge in [-0.2, -0.15) is 0 Å². The van der Waals surface area contributed by atoms with Crippen molar-refractivity contribution in [3.05, 3.63) is 230 Å². The number of hydrogen-bond donors (Lipinski definition) is 0. The number of benzene rings is 7. The number of para-hydroxylation sites is 3. The zero-order chi connectivity index (χ0) is 41.0. The summed E-state index contributed by atoms with van der Waals surface area (Å²) in [6, 6.07) is 58.6. The molecule has 7 aromatic carbocycles. The molecule has 1 aromatic heterocycles. The third-order valence-electron chi connectivity index (χ3n) is 13.2. The molecule has 2 atom stereocenters. The summed E-state index contributed by atoms with van der Waals surface area (Å²) in [6.45, 7) is 0. The van der Waals surface area contributed by atoms with Gasteiger partial charge in [0.05, 0.1) is 28.5 Å². The number of hydrogen-bond acceptors (Lipinski definition) is 3. The monoisotopic (exact) mass is 798 g/mol. The summed E-state index contributed by atoms with van der Waals surface area (Å²) in [6.07, 6.45) is 27.0. The molecule has 4 aliphatic rings. The quantitative estimate of drug-likeness (QED) is 0.152. The molecule has 2 heterocycles. The highest BCUT2D eigenvalue weighted by Gasteiger charge is 2.38. The SMILES string of the molecule is C1=CCCC(N2c3ccc(N(c4ccccc4)c4cccc5c(N(c6ccccc6)c6ccc7c(c6)c6ccccc6n7C6=CC=CCC6)cccc45)cc3C3C=CC=CC32)=C1. The molecule has 3 aliphatic carbocycles. The molecule has 4 heteroatoms. The Bertz CT molecular complexity index is 3220. The van der Waals surface area contributed by atoms with Crippen LogP contribution in [0.4, 0.5) is 39.8 Å². The highest BCUT2D eigenvalue weighted by Crippen LogP contribution is 2.51. The van der Waals surface area contributed by atoms with Crippen molar-refractivity contribution in [1.29, 1.82) is 0 Å². The van der Waals surface area contributed by atoms with Crippen LogP contribution in [0.1, 0.15) is 37.2 Å². The van der Waals surface area contributed by atoms with Gasteiger partial charge in [-0.3, -0.25) is 0 Å². The number of allylic oxidation sites excluding steroid dienone is 10. The van der Waals surface area contributed by atoms with Crippen molar-refractivity contribution in [3.8, 4) is 0 Å². The molecular weight excluding hydrogens is 753 g/mol. The lowest BCUT2D eigenvalue weighted by Crippen LogP contribution is -2.32. The molecule has 0 amide bonds. The molecule has 0 bridgehead atoms. The van der Waals surface area contributed by atoms with E-state index in [1.165, 1.54) is 55.2 Å². The van der Waals surface area contributed by atoms with E-state index in [9.17, 15) is 0 Å². The molecule has 0 N–H and O–H groups in total. The lowest BCUT2D eigenvalue weighted by Gasteiger charge is -2.31. The van der Waals surface area contributed by atoms with Crippen LogP contribution >= 0.6 is 0 Å². The van der Waals surface area contributed by atoms with Gasteiger partial charge in [-0.05, 0) is 122 Å². The summed E-state index contributed by atoms with van der Waals surface area (Å²) in [5.74, 6) is 0.278. The highest BCUT2D eigenvalue weighted by molar-refractivity contribution is 6.12. The normalized spacial score (nSPS) is 17.6. The maximum Gasteiger partial charge on any atom is 0.0626 e. The Hall–Kier alpha value is -7.56. The van der Waals surface area contributed by atoms with Gasteiger partial charge in [-0.1, -0.05) is 127 Å². The lowest BCUT2D eigenvalue weighted by atomic mass is 9.91. The van der Waals surface area contributed by atoms with Crippen molar-refractivity contribution >= 4 is 78.1 Å². The topological polar surface area (TPSA) is 14.7 Å². The van der Waals surface area contributed by atoms with E-state index in [-0.39, 0.29) is 12.0 Å². The molecule has 62 heavy (non-hydrogen) atoms. The zero-order valence-electron chi connectivity index (χ0n) is 34.6. The van der Waals surface area contributed by atoms with Crippen LogP contribution in [0.15, 0.2) is 224 Å². The Labute approximate surface area is 363 Å². The van der Waals surface area contributed by atoms with Crippen molar-refractivity contribution in [2.75, 3.05) is 14.7 Å². The van der Waals surface area contributed by atoms with Crippen molar-refractivity contribution in [3.63, 3.8) is 0 Å². The third kappa shape index (κ3) is 5.97.